The summed E-state index contributed by atoms with van der Waals surface area (Å²) in [5.41, 5.74) is 0. The standard InChI is InChI=1S/C9H11ClN4O3S/c1-2-3-7-12-8(17-13-7)4-14-5-9(11-6-14)18(10,15)16/h5-6H,2-4H2,1H3. The molecule has 0 aliphatic heterocycles. The molecule has 0 unspecified atom stereocenters. The number of rotatable bonds is 5. The van der Waals surface area contributed by atoms with Gasteiger partial charge in [0.05, 0.1) is 6.33 Å². The Labute approximate surface area is 108 Å². The summed E-state index contributed by atoms with van der Waals surface area (Å²) in [5.74, 6) is 1.03. The molecule has 2 heterocycles. The molecule has 18 heavy (non-hydrogen) atoms. The van der Waals surface area contributed by atoms with Crippen LogP contribution in [0.3, 0.4) is 0 Å². The number of hydrogen-bond acceptors (Lipinski definition) is 6. The van der Waals surface area contributed by atoms with E-state index in [1.54, 1.807) is 0 Å². The topological polar surface area (TPSA) is 90.9 Å². The molecule has 9 heteroatoms. The first kappa shape index (κ1) is 13.0. The molecule has 0 saturated heterocycles. The van der Waals surface area contributed by atoms with Gasteiger partial charge in [-0.3, -0.25) is 0 Å². The second-order valence-corrected chi connectivity index (χ2v) is 6.19. The maximum absolute atomic E-state index is 11.0. The van der Waals surface area contributed by atoms with Gasteiger partial charge in [-0.05, 0) is 6.42 Å². The highest BCUT2D eigenvalue weighted by Gasteiger charge is 2.14. The van der Waals surface area contributed by atoms with Gasteiger partial charge in [0.25, 0.3) is 9.05 Å². The van der Waals surface area contributed by atoms with Crippen LogP contribution in [-0.2, 0) is 22.0 Å². The second-order valence-electron chi connectivity index (χ2n) is 3.68. The molecule has 0 atom stereocenters. The summed E-state index contributed by atoms with van der Waals surface area (Å²) >= 11 is 0. The average Bonchev–Trinajstić information content (AvgIpc) is 2.88. The van der Waals surface area contributed by atoms with Crippen LogP contribution in [0.5, 0.6) is 0 Å². The molecule has 0 bridgehead atoms. The second kappa shape index (κ2) is 5.07. The van der Waals surface area contributed by atoms with Crippen molar-refractivity contribution in [2.24, 2.45) is 0 Å². The molecular formula is C9H11ClN4O3S. The fourth-order valence-electron chi connectivity index (χ4n) is 1.39. The largest absolute Gasteiger partial charge is 0.337 e. The van der Waals surface area contributed by atoms with Crippen molar-refractivity contribution < 1.29 is 12.9 Å². The zero-order valence-corrected chi connectivity index (χ0v) is 11.1. The van der Waals surface area contributed by atoms with Crippen molar-refractivity contribution in [2.45, 2.75) is 31.3 Å². The van der Waals surface area contributed by atoms with Crippen LogP contribution in [0.25, 0.3) is 0 Å². The van der Waals surface area contributed by atoms with E-state index in [1.165, 1.54) is 17.1 Å². The fraction of sp³-hybridized carbons (Fsp3) is 0.444. The van der Waals surface area contributed by atoms with Crippen LogP contribution in [-0.4, -0.2) is 28.1 Å². The Hall–Kier alpha value is -1.41. The molecule has 0 saturated carbocycles. The molecule has 0 radical (unpaired) electrons. The molecule has 0 fully saturated rings. The Balaban J connectivity index is 2.11. The molecule has 0 aliphatic rings. The van der Waals surface area contributed by atoms with Gasteiger partial charge in [-0.1, -0.05) is 12.1 Å². The summed E-state index contributed by atoms with van der Waals surface area (Å²) in [6.07, 6.45) is 4.33. The number of aryl methyl sites for hydroxylation is 1. The minimum absolute atomic E-state index is 0.197. The van der Waals surface area contributed by atoms with E-state index >= 15 is 0 Å². The van der Waals surface area contributed by atoms with Gasteiger partial charge in [-0.15, -0.1) is 0 Å². The van der Waals surface area contributed by atoms with Crippen molar-refractivity contribution in [1.82, 2.24) is 19.7 Å². The molecule has 0 amide bonds. The lowest BCUT2D eigenvalue weighted by molar-refractivity contribution is 0.366. The van der Waals surface area contributed by atoms with Crippen molar-refractivity contribution in [3.05, 3.63) is 24.2 Å². The van der Waals surface area contributed by atoms with E-state index in [9.17, 15) is 8.42 Å². The maximum Gasteiger partial charge on any atom is 0.280 e. The zero-order valence-electron chi connectivity index (χ0n) is 9.58. The van der Waals surface area contributed by atoms with Crippen molar-refractivity contribution >= 4 is 19.7 Å². The van der Waals surface area contributed by atoms with Gasteiger partial charge in [-0.25, -0.2) is 13.4 Å². The lowest BCUT2D eigenvalue weighted by atomic mass is 10.3. The Morgan fingerprint density at radius 1 is 1.50 bits per heavy atom. The van der Waals surface area contributed by atoms with Crippen molar-refractivity contribution in [2.75, 3.05) is 0 Å². The highest BCUT2D eigenvalue weighted by molar-refractivity contribution is 8.13. The monoisotopic (exact) mass is 290 g/mol. The first-order valence-corrected chi connectivity index (χ1v) is 7.58. The maximum atomic E-state index is 11.0. The Morgan fingerprint density at radius 2 is 2.28 bits per heavy atom. The lowest BCUT2D eigenvalue weighted by Gasteiger charge is -1.94. The molecule has 0 spiro atoms. The van der Waals surface area contributed by atoms with Gasteiger partial charge < -0.3 is 9.09 Å². The average molecular weight is 291 g/mol. The Morgan fingerprint density at radius 3 is 2.89 bits per heavy atom. The molecule has 2 rings (SSSR count). The first-order valence-electron chi connectivity index (χ1n) is 5.27. The highest BCUT2D eigenvalue weighted by atomic mass is 35.7. The normalized spacial score (nSPS) is 11.9. The predicted molar refractivity (Wildman–Crippen MR) is 62.7 cm³/mol. The molecule has 0 N–H and O–H groups in total. The SMILES string of the molecule is CCCc1noc(Cn2cnc(S(=O)(=O)Cl)c2)n1. The highest BCUT2D eigenvalue weighted by Crippen LogP contribution is 2.12. The molecule has 0 aliphatic carbocycles. The van der Waals surface area contributed by atoms with E-state index < -0.39 is 9.05 Å². The van der Waals surface area contributed by atoms with Gasteiger partial charge in [0.2, 0.25) is 5.89 Å². The molecule has 7 nitrogen and oxygen atoms in total. The summed E-state index contributed by atoms with van der Waals surface area (Å²) in [7, 11) is 1.36. The Bertz CT molecular complexity index is 634. The van der Waals surface area contributed by atoms with Crippen molar-refractivity contribution in [1.29, 1.82) is 0 Å². The third-order valence-electron chi connectivity index (χ3n) is 2.16. The summed E-state index contributed by atoms with van der Waals surface area (Å²) in [6.45, 7) is 2.28. The summed E-state index contributed by atoms with van der Waals surface area (Å²) in [4.78, 5) is 7.84. The van der Waals surface area contributed by atoms with Gasteiger partial charge >= 0.3 is 0 Å². The smallest absolute Gasteiger partial charge is 0.280 e. The first-order chi connectivity index (χ1) is 8.49. The van der Waals surface area contributed by atoms with Crippen LogP contribution >= 0.6 is 10.7 Å². The van der Waals surface area contributed by atoms with Crippen LogP contribution in [0, 0.1) is 0 Å². The van der Waals surface area contributed by atoms with E-state index in [4.69, 9.17) is 15.2 Å². The van der Waals surface area contributed by atoms with Crippen LogP contribution in [0.15, 0.2) is 22.1 Å². The minimum Gasteiger partial charge on any atom is -0.337 e. The van der Waals surface area contributed by atoms with E-state index in [2.05, 4.69) is 15.1 Å². The summed E-state index contributed by atoms with van der Waals surface area (Å²) < 4.78 is 28.6. The third-order valence-corrected chi connectivity index (χ3v) is 3.35. The lowest BCUT2D eigenvalue weighted by Crippen LogP contribution is -1.97. The molecule has 2 aromatic rings. The van der Waals surface area contributed by atoms with Crippen molar-refractivity contribution in [3.8, 4) is 0 Å². The van der Waals surface area contributed by atoms with E-state index in [0.717, 1.165) is 12.8 Å². The number of nitrogens with zero attached hydrogens (tertiary/aromatic N) is 4. The van der Waals surface area contributed by atoms with E-state index in [1.807, 2.05) is 6.92 Å². The molecule has 2 aromatic heterocycles. The Kier molecular flexibility index (Phi) is 3.67. The van der Waals surface area contributed by atoms with Crippen LogP contribution < -0.4 is 0 Å². The van der Waals surface area contributed by atoms with Gasteiger partial charge in [-0.2, -0.15) is 4.98 Å². The third kappa shape index (κ3) is 3.08. The van der Waals surface area contributed by atoms with Crippen LogP contribution in [0.1, 0.15) is 25.1 Å². The molecular weight excluding hydrogens is 280 g/mol. The minimum atomic E-state index is -3.80. The van der Waals surface area contributed by atoms with E-state index in [0.29, 0.717) is 11.7 Å². The predicted octanol–water partition coefficient (Wildman–Crippen LogP) is 1.19. The van der Waals surface area contributed by atoms with Gasteiger partial charge in [0.15, 0.2) is 10.9 Å². The molecule has 0 aromatic carbocycles. The number of halogens is 1. The fourth-order valence-corrected chi connectivity index (χ4v) is 2.06. The summed E-state index contributed by atoms with van der Waals surface area (Å²) in [5, 5.41) is 3.60. The zero-order chi connectivity index (χ0) is 13.2. The van der Waals surface area contributed by atoms with E-state index in [-0.39, 0.29) is 11.6 Å². The van der Waals surface area contributed by atoms with Gasteiger partial charge in [0, 0.05) is 23.3 Å². The van der Waals surface area contributed by atoms with Crippen LogP contribution in [0.2, 0.25) is 0 Å². The quantitative estimate of drug-likeness (QED) is 0.768. The summed E-state index contributed by atoms with van der Waals surface area (Å²) in [6, 6.07) is 0. The number of hydrogen-bond donors (Lipinski definition) is 0. The van der Waals surface area contributed by atoms with Gasteiger partial charge in [0.1, 0.15) is 6.54 Å². The number of imidazole rings is 1. The van der Waals surface area contributed by atoms with Crippen molar-refractivity contribution in [3.63, 3.8) is 0 Å². The molecule has 98 valence electrons. The van der Waals surface area contributed by atoms with Crippen LogP contribution in [0.4, 0.5) is 0 Å². The number of aromatic nitrogens is 4.